The van der Waals surface area contributed by atoms with Crippen molar-refractivity contribution in [1.82, 2.24) is 24.7 Å². The maximum atomic E-state index is 13.3. The molecule has 4 heterocycles. The molecule has 0 spiro atoms. The summed E-state index contributed by atoms with van der Waals surface area (Å²) < 4.78 is 41.2. The Labute approximate surface area is 218 Å². The summed E-state index contributed by atoms with van der Waals surface area (Å²) in [5.74, 6) is 1.11. The fourth-order valence-electron chi connectivity index (χ4n) is 4.80. The second-order valence-electron chi connectivity index (χ2n) is 10.8. The van der Waals surface area contributed by atoms with Gasteiger partial charge >= 0.3 is 6.18 Å². The zero-order valence-corrected chi connectivity index (χ0v) is 21.5. The van der Waals surface area contributed by atoms with Crippen molar-refractivity contribution in [3.05, 3.63) is 48.2 Å². The summed E-state index contributed by atoms with van der Waals surface area (Å²) in [5, 5.41) is 17.2. The molecule has 38 heavy (non-hydrogen) atoms. The van der Waals surface area contributed by atoms with E-state index in [1.54, 1.807) is 45.0 Å². The number of aryl methyl sites for hydroxylation is 1. The van der Waals surface area contributed by atoms with Crippen LogP contribution >= 0.6 is 0 Å². The lowest BCUT2D eigenvalue weighted by atomic mass is 9.90. The van der Waals surface area contributed by atoms with E-state index in [-0.39, 0.29) is 31.0 Å². The lowest BCUT2D eigenvalue weighted by Gasteiger charge is -2.26. The van der Waals surface area contributed by atoms with Gasteiger partial charge in [0.1, 0.15) is 23.2 Å². The van der Waals surface area contributed by atoms with Crippen LogP contribution < -0.4 is 10.2 Å². The van der Waals surface area contributed by atoms with Crippen molar-refractivity contribution in [2.24, 2.45) is 11.3 Å². The zero-order chi connectivity index (χ0) is 27.3. The van der Waals surface area contributed by atoms with Gasteiger partial charge in [0.2, 0.25) is 0 Å². The molecule has 1 amide bonds. The van der Waals surface area contributed by atoms with Crippen molar-refractivity contribution in [3.8, 4) is 11.3 Å². The molecule has 202 valence electrons. The lowest BCUT2D eigenvalue weighted by Crippen LogP contribution is -2.33. The number of hydrogen-bond donors (Lipinski definition) is 2. The first kappa shape index (κ1) is 26.1. The van der Waals surface area contributed by atoms with Gasteiger partial charge in [0.15, 0.2) is 0 Å². The van der Waals surface area contributed by atoms with Crippen LogP contribution in [0.4, 0.5) is 24.8 Å². The third-order valence-corrected chi connectivity index (χ3v) is 7.41. The van der Waals surface area contributed by atoms with E-state index in [0.29, 0.717) is 35.3 Å². The highest BCUT2D eigenvalue weighted by Gasteiger charge is 2.63. The predicted octanol–water partition coefficient (Wildman–Crippen LogP) is 4.24. The second kappa shape index (κ2) is 9.33. The summed E-state index contributed by atoms with van der Waals surface area (Å²) in [6.07, 6.45) is -0.261. The van der Waals surface area contributed by atoms with Gasteiger partial charge in [-0.1, -0.05) is 6.07 Å². The molecular weight excluding hydrogens is 499 g/mol. The van der Waals surface area contributed by atoms with Crippen molar-refractivity contribution >= 4 is 17.5 Å². The van der Waals surface area contributed by atoms with Gasteiger partial charge in [0.05, 0.1) is 29.5 Å². The molecule has 1 aliphatic heterocycles. The third-order valence-electron chi connectivity index (χ3n) is 7.41. The van der Waals surface area contributed by atoms with Gasteiger partial charge in [0.25, 0.3) is 5.91 Å². The molecule has 2 aliphatic rings. The topological polar surface area (TPSA) is 109 Å². The molecule has 2 fully saturated rings. The maximum absolute atomic E-state index is 13.3. The van der Waals surface area contributed by atoms with Crippen molar-refractivity contribution in [2.75, 3.05) is 23.3 Å². The molecule has 3 aromatic heterocycles. The molecule has 1 aliphatic carbocycles. The molecule has 12 heteroatoms. The second-order valence-corrected chi connectivity index (χ2v) is 10.8. The molecule has 0 radical (unpaired) electrons. The van der Waals surface area contributed by atoms with Crippen LogP contribution in [0.5, 0.6) is 0 Å². The van der Waals surface area contributed by atoms with Crippen LogP contribution in [-0.2, 0) is 6.54 Å². The number of pyridine rings is 1. The fraction of sp³-hybridized carbons (Fsp3) is 0.500. The van der Waals surface area contributed by atoms with Crippen molar-refractivity contribution < 1.29 is 23.1 Å². The van der Waals surface area contributed by atoms with Gasteiger partial charge in [-0.3, -0.25) is 9.48 Å². The Morgan fingerprint density at radius 2 is 1.97 bits per heavy atom. The number of alkyl halides is 3. The fourth-order valence-corrected chi connectivity index (χ4v) is 4.80. The highest BCUT2D eigenvalue weighted by Crippen LogP contribution is 2.58. The molecule has 0 aromatic carbocycles. The van der Waals surface area contributed by atoms with E-state index in [2.05, 4.69) is 30.3 Å². The Hall–Kier alpha value is -3.54. The number of rotatable bonds is 7. The van der Waals surface area contributed by atoms with Gasteiger partial charge in [-0.05, 0) is 52.2 Å². The standard InChI is InChI=1S/C26H30F3N7O2/c1-16-31-21(11-22(32-16)35-10-7-18(14-35)24(2,3)38)34-23(37)20-6-4-5-19(33-20)17-12-30-36(13-17)15-25(8-9-25)26(27,28)29/h4-6,11-13,18,38H,7-10,14-15H2,1-3H3,(H,31,32,34,37)/t18-/m1/s1. The number of nitrogens with zero attached hydrogens (tertiary/aromatic N) is 6. The molecular formula is C26H30F3N7O2. The Kier molecular flexibility index (Phi) is 6.41. The third kappa shape index (κ3) is 5.35. The highest BCUT2D eigenvalue weighted by atomic mass is 19.4. The number of anilines is 2. The molecule has 0 bridgehead atoms. The van der Waals surface area contributed by atoms with E-state index in [0.717, 1.165) is 13.0 Å². The largest absolute Gasteiger partial charge is 0.396 e. The Morgan fingerprint density at radius 1 is 1.21 bits per heavy atom. The molecule has 5 rings (SSSR count). The smallest absolute Gasteiger partial charge is 0.390 e. The van der Waals surface area contributed by atoms with Crippen LogP contribution in [-0.4, -0.2) is 60.6 Å². The molecule has 3 aromatic rings. The van der Waals surface area contributed by atoms with Crippen LogP contribution in [0.15, 0.2) is 36.7 Å². The van der Waals surface area contributed by atoms with Gasteiger partial charge in [-0.15, -0.1) is 0 Å². The number of carbonyl (C=O) groups excluding carboxylic acids is 1. The number of halogens is 3. The molecule has 1 atom stereocenters. The van der Waals surface area contributed by atoms with E-state index < -0.39 is 23.1 Å². The molecule has 0 unspecified atom stereocenters. The summed E-state index contributed by atoms with van der Waals surface area (Å²) in [4.78, 5) is 28.3. The van der Waals surface area contributed by atoms with E-state index in [1.165, 1.54) is 17.1 Å². The van der Waals surface area contributed by atoms with Crippen LogP contribution in [0, 0.1) is 18.3 Å². The monoisotopic (exact) mass is 529 g/mol. The average Bonchev–Trinajstić information content (AvgIpc) is 3.25. The number of amides is 1. The first-order valence-corrected chi connectivity index (χ1v) is 12.5. The minimum absolute atomic E-state index is 0.0988. The van der Waals surface area contributed by atoms with Gasteiger partial charge in [-0.25, -0.2) is 15.0 Å². The predicted molar refractivity (Wildman–Crippen MR) is 135 cm³/mol. The maximum Gasteiger partial charge on any atom is 0.396 e. The van der Waals surface area contributed by atoms with Gasteiger partial charge < -0.3 is 15.3 Å². The summed E-state index contributed by atoms with van der Waals surface area (Å²) in [5.41, 5.74) is -1.42. The zero-order valence-electron chi connectivity index (χ0n) is 21.5. The van der Waals surface area contributed by atoms with E-state index in [1.807, 2.05) is 0 Å². The minimum Gasteiger partial charge on any atom is -0.390 e. The summed E-state index contributed by atoms with van der Waals surface area (Å²) in [6.45, 7) is 6.49. The SMILES string of the molecule is Cc1nc(NC(=O)c2cccc(-c3cnn(CC4(C(F)(F)F)CC4)c3)n2)cc(N2CC[C@@H](C(C)(C)O)C2)n1. The Morgan fingerprint density at radius 3 is 2.63 bits per heavy atom. The first-order chi connectivity index (χ1) is 17.8. The average molecular weight is 530 g/mol. The number of aromatic nitrogens is 5. The number of hydrogen-bond acceptors (Lipinski definition) is 7. The number of aliphatic hydroxyl groups is 1. The van der Waals surface area contributed by atoms with Gasteiger partial charge in [0, 0.05) is 36.8 Å². The number of carbonyl (C=O) groups is 1. The van der Waals surface area contributed by atoms with Crippen LogP contribution in [0.3, 0.4) is 0 Å². The van der Waals surface area contributed by atoms with Crippen molar-refractivity contribution in [3.63, 3.8) is 0 Å². The van der Waals surface area contributed by atoms with Gasteiger partial charge in [-0.2, -0.15) is 18.3 Å². The van der Waals surface area contributed by atoms with Crippen molar-refractivity contribution in [1.29, 1.82) is 0 Å². The van der Waals surface area contributed by atoms with E-state index >= 15 is 0 Å². The highest BCUT2D eigenvalue weighted by molar-refractivity contribution is 6.02. The molecule has 1 saturated carbocycles. The minimum atomic E-state index is -4.26. The number of nitrogens with one attached hydrogen (secondary N) is 1. The normalized spacial score (nSPS) is 19.0. The quantitative estimate of drug-likeness (QED) is 0.471. The van der Waals surface area contributed by atoms with E-state index in [9.17, 15) is 23.1 Å². The molecule has 9 nitrogen and oxygen atoms in total. The van der Waals surface area contributed by atoms with E-state index in [4.69, 9.17) is 0 Å². The lowest BCUT2D eigenvalue weighted by molar-refractivity contribution is -0.191. The summed E-state index contributed by atoms with van der Waals surface area (Å²) in [6, 6.07) is 6.58. The Bertz CT molecular complexity index is 1350. The van der Waals surface area contributed by atoms with Crippen LogP contribution in [0.25, 0.3) is 11.3 Å². The van der Waals surface area contributed by atoms with Crippen molar-refractivity contribution in [2.45, 2.75) is 58.4 Å². The Balaban J connectivity index is 1.29. The van der Waals surface area contributed by atoms with Crippen LogP contribution in [0.2, 0.25) is 0 Å². The van der Waals surface area contributed by atoms with Crippen LogP contribution in [0.1, 0.15) is 49.4 Å². The summed E-state index contributed by atoms with van der Waals surface area (Å²) >= 11 is 0. The summed E-state index contributed by atoms with van der Waals surface area (Å²) in [7, 11) is 0. The first-order valence-electron chi connectivity index (χ1n) is 12.5. The molecule has 2 N–H and O–H groups in total. The molecule has 1 saturated heterocycles.